The van der Waals surface area contributed by atoms with E-state index in [1.165, 1.54) is 18.7 Å². The number of hydrogen-bond donors (Lipinski definition) is 4. The number of piperidine rings is 1. The summed E-state index contributed by atoms with van der Waals surface area (Å²) in [5.41, 5.74) is 2.51. The fourth-order valence-electron chi connectivity index (χ4n) is 5.28. The molecule has 1 aliphatic rings. The summed E-state index contributed by atoms with van der Waals surface area (Å²) < 4.78 is 52.4. The Morgan fingerprint density at radius 2 is 1.91 bits per heavy atom. The number of alkyl halides is 3. The highest BCUT2D eigenvalue weighted by molar-refractivity contribution is 5.95. The number of anilines is 2. The Morgan fingerprint density at radius 3 is 2.58 bits per heavy atom. The molecule has 1 atom stereocenters. The zero-order valence-electron chi connectivity index (χ0n) is 24.6. The Labute approximate surface area is 249 Å². The van der Waals surface area contributed by atoms with Crippen LogP contribution in [0.5, 0.6) is 5.75 Å². The Balaban J connectivity index is 1.50. The summed E-state index contributed by atoms with van der Waals surface area (Å²) in [6, 6.07) is 12.1. The minimum atomic E-state index is -4.43. The van der Waals surface area contributed by atoms with Crippen molar-refractivity contribution in [2.75, 3.05) is 64.7 Å². The number of hydrogen-bond acceptors (Lipinski definition) is 7. The van der Waals surface area contributed by atoms with Crippen molar-refractivity contribution in [1.82, 2.24) is 14.8 Å². The molecule has 1 unspecified atom stereocenters. The molecule has 232 valence electrons. The van der Waals surface area contributed by atoms with Crippen molar-refractivity contribution in [3.05, 3.63) is 53.7 Å². The van der Waals surface area contributed by atoms with Crippen LogP contribution < -0.4 is 20.7 Å². The van der Waals surface area contributed by atoms with E-state index in [1.807, 2.05) is 6.07 Å². The second-order valence-electron chi connectivity index (χ2n) is 10.4. The molecule has 1 aliphatic heterocycles. The maximum atomic E-state index is 13.6. The van der Waals surface area contributed by atoms with Crippen LogP contribution in [0.2, 0.25) is 0 Å². The molecule has 2 heterocycles. The minimum absolute atomic E-state index is 0.145. The molecular weight excluding hydrogens is 563 g/mol. The predicted octanol–water partition coefficient (Wildman–Crippen LogP) is 3.92. The summed E-state index contributed by atoms with van der Waals surface area (Å²) in [6.07, 6.45) is -3.29. The highest BCUT2D eigenvalue weighted by atomic mass is 19.4. The van der Waals surface area contributed by atoms with Crippen molar-refractivity contribution in [1.29, 1.82) is 0 Å². The average Bonchev–Trinajstić information content (AvgIpc) is 3.32. The third-order valence-electron chi connectivity index (χ3n) is 7.33. The lowest BCUT2D eigenvalue weighted by atomic mass is 10.0. The van der Waals surface area contributed by atoms with Crippen molar-refractivity contribution in [3.63, 3.8) is 0 Å². The molecule has 2 aromatic carbocycles. The second-order valence-corrected chi connectivity index (χ2v) is 10.4. The number of aliphatic hydroxyl groups is 1. The maximum Gasteiger partial charge on any atom is 0.406 e. The average molecular weight is 602 g/mol. The van der Waals surface area contributed by atoms with E-state index in [9.17, 15) is 23.1 Å². The summed E-state index contributed by atoms with van der Waals surface area (Å²) in [4.78, 5) is 14.1. The quantitative estimate of drug-likeness (QED) is 0.247. The third kappa shape index (κ3) is 8.56. The molecule has 43 heavy (non-hydrogen) atoms. The van der Waals surface area contributed by atoms with Crippen molar-refractivity contribution in [2.45, 2.75) is 37.7 Å². The van der Waals surface area contributed by atoms with Crippen molar-refractivity contribution in [2.24, 2.45) is 0 Å². The molecule has 4 rings (SSSR count). The SMILES string of the molecule is CNC(=O)c1ccc(NCC#Cc2cc3c(NC4CCN(CC(O)COC)CC4)cccc3n2CC(F)(F)F)c(OC)c1. The third-order valence-corrected chi connectivity index (χ3v) is 7.33. The fourth-order valence-corrected chi connectivity index (χ4v) is 5.28. The normalized spacial score (nSPS) is 15.0. The van der Waals surface area contributed by atoms with Crippen LogP contribution >= 0.6 is 0 Å². The van der Waals surface area contributed by atoms with E-state index in [0.717, 1.165) is 31.6 Å². The highest BCUT2D eigenvalue weighted by Gasteiger charge is 2.30. The number of nitrogens with zero attached hydrogens (tertiary/aromatic N) is 2. The maximum absolute atomic E-state index is 13.6. The van der Waals surface area contributed by atoms with Gasteiger partial charge in [0.25, 0.3) is 5.91 Å². The lowest BCUT2D eigenvalue weighted by Crippen LogP contribution is -2.43. The van der Waals surface area contributed by atoms with Crippen LogP contribution in [0.1, 0.15) is 28.9 Å². The zero-order chi connectivity index (χ0) is 31.0. The van der Waals surface area contributed by atoms with E-state index in [1.54, 1.807) is 43.5 Å². The van der Waals surface area contributed by atoms with Crippen LogP contribution in [0.25, 0.3) is 10.9 Å². The molecule has 0 saturated carbocycles. The number of ether oxygens (including phenoxy) is 2. The number of benzene rings is 2. The van der Waals surface area contributed by atoms with E-state index in [4.69, 9.17) is 9.47 Å². The van der Waals surface area contributed by atoms with Gasteiger partial charge in [0.2, 0.25) is 0 Å². The Kier molecular flexibility index (Phi) is 10.8. The summed E-state index contributed by atoms with van der Waals surface area (Å²) >= 11 is 0. The van der Waals surface area contributed by atoms with Gasteiger partial charge in [-0.3, -0.25) is 4.79 Å². The molecule has 3 aromatic rings. The van der Waals surface area contributed by atoms with Gasteiger partial charge in [-0.05, 0) is 55.2 Å². The number of likely N-dealkylation sites (tertiary alicyclic amines) is 1. The molecule has 1 aromatic heterocycles. The van der Waals surface area contributed by atoms with Crippen molar-refractivity contribution >= 4 is 28.2 Å². The number of nitrogens with one attached hydrogen (secondary N) is 3. The molecule has 1 amide bonds. The predicted molar refractivity (Wildman–Crippen MR) is 161 cm³/mol. The Morgan fingerprint density at radius 1 is 1.14 bits per heavy atom. The van der Waals surface area contributed by atoms with Crippen LogP contribution in [0, 0.1) is 11.8 Å². The van der Waals surface area contributed by atoms with Crippen LogP contribution in [0.15, 0.2) is 42.5 Å². The first-order valence-electron chi connectivity index (χ1n) is 14.1. The lowest BCUT2D eigenvalue weighted by molar-refractivity contribution is -0.140. The molecule has 1 fully saturated rings. The molecule has 0 radical (unpaired) electrons. The molecule has 12 heteroatoms. The van der Waals surface area contributed by atoms with Gasteiger partial charge in [-0.1, -0.05) is 12.0 Å². The van der Waals surface area contributed by atoms with E-state index in [0.29, 0.717) is 34.4 Å². The monoisotopic (exact) mass is 601 g/mol. The van der Waals surface area contributed by atoms with E-state index >= 15 is 0 Å². The van der Waals surface area contributed by atoms with Crippen LogP contribution in [0.4, 0.5) is 24.5 Å². The number of carbonyl (C=O) groups is 1. The van der Waals surface area contributed by atoms with Gasteiger partial charge in [0, 0.05) is 56.5 Å². The number of β-amino-alcohol motifs (C(OH)–C–C–N with tert-alkyl or cyclic N) is 1. The molecule has 0 aliphatic carbocycles. The summed E-state index contributed by atoms with van der Waals surface area (Å²) in [5, 5.41) is 19.9. The standard InChI is InChI=1S/C31H38F3N5O4/c1-35-30(41)21-9-10-27(29(16-21)43-3)36-13-5-6-23-17-25-26(7-4-8-28(25)39(23)20-31(32,33)34)37-22-11-14-38(15-12-22)18-24(40)19-42-2/h4,7-10,16-17,22,24,36-37,40H,11-15,18-20H2,1-3H3,(H,35,41). The number of aromatic nitrogens is 1. The van der Waals surface area contributed by atoms with Gasteiger partial charge in [0.1, 0.15) is 12.3 Å². The summed E-state index contributed by atoms with van der Waals surface area (Å²) in [6.45, 7) is 1.41. The summed E-state index contributed by atoms with van der Waals surface area (Å²) in [5.74, 6) is 6.04. The molecule has 4 N–H and O–H groups in total. The minimum Gasteiger partial charge on any atom is -0.495 e. The van der Waals surface area contributed by atoms with Gasteiger partial charge in [-0.25, -0.2) is 0 Å². The number of methoxy groups -OCH3 is 2. The topological polar surface area (TPSA) is 100 Å². The zero-order valence-corrected chi connectivity index (χ0v) is 24.6. The highest BCUT2D eigenvalue weighted by Crippen LogP contribution is 2.31. The van der Waals surface area contributed by atoms with Crippen LogP contribution in [-0.4, -0.2) is 92.9 Å². The van der Waals surface area contributed by atoms with Crippen LogP contribution in [-0.2, 0) is 11.3 Å². The number of aliphatic hydroxyl groups excluding tert-OH is 1. The van der Waals surface area contributed by atoms with Gasteiger partial charge in [-0.15, -0.1) is 0 Å². The van der Waals surface area contributed by atoms with Crippen molar-refractivity contribution < 1.29 is 32.5 Å². The smallest absolute Gasteiger partial charge is 0.406 e. The van der Waals surface area contributed by atoms with Gasteiger partial charge >= 0.3 is 6.18 Å². The van der Waals surface area contributed by atoms with E-state index in [-0.39, 0.29) is 30.8 Å². The van der Waals surface area contributed by atoms with Gasteiger partial charge in [0.05, 0.1) is 43.3 Å². The molecular formula is C31H38F3N5O4. The van der Waals surface area contributed by atoms with Gasteiger partial charge in [0.15, 0.2) is 0 Å². The number of amides is 1. The molecule has 1 saturated heterocycles. The Hall–Kier alpha value is -3.92. The molecule has 0 spiro atoms. The fraction of sp³-hybridized carbons (Fsp3) is 0.452. The first-order valence-corrected chi connectivity index (χ1v) is 14.1. The largest absolute Gasteiger partial charge is 0.495 e. The van der Waals surface area contributed by atoms with Crippen molar-refractivity contribution in [3.8, 4) is 17.6 Å². The molecule has 9 nitrogen and oxygen atoms in total. The number of carbonyl (C=O) groups excluding carboxylic acids is 1. The number of fused-ring (bicyclic) bond motifs is 1. The number of halogens is 3. The number of rotatable bonds is 11. The van der Waals surface area contributed by atoms with E-state index in [2.05, 4.69) is 32.7 Å². The lowest BCUT2D eigenvalue weighted by Gasteiger charge is -2.34. The summed E-state index contributed by atoms with van der Waals surface area (Å²) in [7, 11) is 4.58. The first-order chi connectivity index (χ1) is 20.6. The second kappa shape index (κ2) is 14.5. The van der Waals surface area contributed by atoms with Gasteiger partial charge < -0.3 is 40.0 Å². The Bertz CT molecular complexity index is 1460. The first kappa shape index (κ1) is 32.0. The van der Waals surface area contributed by atoms with E-state index < -0.39 is 18.8 Å². The van der Waals surface area contributed by atoms with Gasteiger partial charge in [-0.2, -0.15) is 13.2 Å². The molecule has 0 bridgehead atoms. The van der Waals surface area contributed by atoms with Crippen LogP contribution in [0.3, 0.4) is 0 Å².